The molecule has 1 aliphatic rings. The van der Waals surface area contributed by atoms with Gasteiger partial charge < -0.3 is 5.32 Å². The number of rotatable bonds is 9. The summed E-state index contributed by atoms with van der Waals surface area (Å²) in [5.41, 5.74) is 0. The van der Waals surface area contributed by atoms with Crippen LogP contribution >= 0.6 is 0 Å². The molecule has 0 spiro atoms. The van der Waals surface area contributed by atoms with E-state index in [-0.39, 0.29) is 0 Å². The van der Waals surface area contributed by atoms with E-state index < -0.39 is 0 Å². The lowest BCUT2D eigenvalue weighted by Crippen LogP contribution is -2.32. The molecule has 3 unspecified atom stereocenters. The third-order valence-electron chi connectivity index (χ3n) is 3.71. The zero-order valence-electron chi connectivity index (χ0n) is 10.9. The minimum Gasteiger partial charge on any atom is -0.314 e. The topological polar surface area (TPSA) is 12.0 Å². The van der Waals surface area contributed by atoms with Crippen molar-refractivity contribution < 1.29 is 0 Å². The molecule has 1 heteroatoms. The molecule has 3 atom stereocenters. The maximum absolute atomic E-state index is 3.74. The van der Waals surface area contributed by atoms with E-state index in [0.29, 0.717) is 0 Å². The third-order valence-corrected chi connectivity index (χ3v) is 3.71. The highest BCUT2D eigenvalue weighted by Gasteiger charge is 2.38. The van der Waals surface area contributed by atoms with Crippen LogP contribution in [0.5, 0.6) is 0 Å². The summed E-state index contributed by atoms with van der Waals surface area (Å²) in [5, 5.41) is 3.74. The average molecular weight is 211 g/mol. The molecule has 0 aromatic rings. The Bertz CT molecular complexity index is 155. The monoisotopic (exact) mass is 211 g/mol. The van der Waals surface area contributed by atoms with Gasteiger partial charge in [0.1, 0.15) is 0 Å². The first-order valence-corrected chi connectivity index (χ1v) is 7.03. The smallest absolute Gasteiger partial charge is 0.00979 e. The van der Waals surface area contributed by atoms with Gasteiger partial charge in [0.25, 0.3) is 0 Å². The minimum atomic E-state index is 0.830. The van der Waals surface area contributed by atoms with E-state index in [1.807, 2.05) is 0 Å². The van der Waals surface area contributed by atoms with Crippen molar-refractivity contribution in [1.29, 1.82) is 0 Å². The van der Waals surface area contributed by atoms with Crippen LogP contribution in [0, 0.1) is 11.8 Å². The van der Waals surface area contributed by atoms with Crippen LogP contribution in [0.25, 0.3) is 0 Å². The Morgan fingerprint density at radius 1 is 1.13 bits per heavy atom. The third kappa shape index (κ3) is 5.01. The first kappa shape index (κ1) is 13.0. The first-order chi connectivity index (χ1) is 7.29. The van der Waals surface area contributed by atoms with Gasteiger partial charge >= 0.3 is 0 Å². The largest absolute Gasteiger partial charge is 0.314 e. The molecule has 1 rings (SSSR count). The molecule has 1 nitrogen and oxygen atoms in total. The summed E-state index contributed by atoms with van der Waals surface area (Å²) in [7, 11) is 0. The van der Waals surface area contributed by atoms with Gasteiger partial charge in [-0.1, -0.05) is 46.5 Å². The Labute approximate surface area is 96.0 Å². The highest BCUT2D eigenvalue weighted by molar-refractivity contribution is 4.92. The molecule has 0 radical (unpaired) electrons. The SMILES string of the molecule is CCCCCCC(NCCC)C1CC1C. The zero-order valence-corrected chi connectivity index (χ0v) is 10.9. The van der Waals surface area contributed by atoms with Gasteiger partial charge in [-0.2, -0.15) is 0 Å². The van der Waals surface area contributed by atoms with Crippen LogP contribution in [0.1, 0.15) is 65.7 Å². The molecular formula is C14H29N. The predicted molar refractivity (Wildman–Crippen MR) is 68.1 cm³/mol. The highest BCUT2D eigenvalue weighted by Crippen LogP contribution is 2.42. The van der Waals surface area contributed by atoms with Gasteiger partial charge in [-0.3, -0.25) is 0 Å². The van der Waals surface area contributed by atoms with Crippen LogP contribution in [0.15, 0.2) is 0 Å². The maximum Gasteiger partial charge on any atom is 0.00979 e. The minimum absolute atomic E-state index is 0.830. The van der Waals surface area contributed by atoms with Gasteiger partial charge in [-0.05, 0) is 37.6 Å². The molecule has 15 heavy (non-hydrogen) atoms. The van der Waals surface area contributed by atoms with Crippen molar-refractivity contribution in [2.24, 2.45) is 11.8 Å². The lowest BCUT2D eigenvalue weighted by atomic mass is 10.0. The lowest BCUT2D eigenvalue weighted by Gasteiger charge is -2.18. The van der Waals surface area contributed by atoms with Crippen molar-refractivity contribution in [3.8, 4) is 0 Å². The van der Waals surface area contributed by atoms with E-state index in [9.17, 15) is 0 Å². The van der Waals surface area contributed by atoms with Crippen molar-refractivity contribution in [3.63, 3.8) is 0 Å². The summed E-state index contributed by atoms with van der Waals surface area (Å²) in [4.78, 5) is 0. The number of nitrogens with one attached hydrogen (secondary N) is 1. The fourth-order valence-electron chi connectivity index (χ4n) is 2.50. The Kier molecular flexibility index (Phi) is 6.31. The maximum atomic E-state index is 3.74. The van der Waals surface area contributed by atoms with Gasteiger partial charge in [-0.15, -0.1) is 0 Å². The van der Waals surface area contributed by atoms with Crippen LogP contribution in [0.4, 0.5) is 0 Å². The molecule has 0 aromatic heterocycles. The second-order valence-corrected chi connectivity index (χ2v) is 5.29. The molecule has 90 valence electrons. The molecule has 1 N–H and O–H groups in total. The summed E-state index contributed by atoms with van der Waals surface area (Å²) in [6.07, 6.45) is 9.78. The van der Waals surface area contributed by atoms with E-state index in [1.54, 1.807) is 0 Å². The Morgan fingerprint density at radius 3 is 2.40 bits per heavy atom. The van der Waals surface area contributed by atoms with Crippen molar-refractivity contribution in [2.45, 2.75) is 71.8 Å². The van der Waals surface area contributed by atoms with Gasteiger partial charge in [0, 0.05) is 6.04 Å². The van der Waals surface area contributed by atoms with Crippen LogP contribution in [-0.4, -0.2) is 12.6 Å². The molecule has 0 amide bonds. The zero-order chi connectivity index (χ0) is 11.1. The van der Waals surface area contributed by atoms with E-state index >= 15 is 0 Å². The second-order valence-electron chi connectivity index (χ2n) is 5.29. The van der Waals surface area contributed by atoms with Crippen LogP contribution in [-0.2, 0) is 0 Å². The van der Waals surface area contributed by atoms with E-state index in [0.717, 1.165) is 17.9 Å². The van der Waals surface area contributed by atoms with Gasteiger partial charge in [0.05, 0.1) is 0 Å². The van der Waals surface area contributed by atoms with Crippen molar-refractivity contribution >= 4 is 0 Å². The van der Waals surface area contributed by atoms with Crippen molar-refractivity contribution in [2.75, 3.05) is 6.54 Å². The van der Waals surface area contributed by atoms with E-state index in [1.165, 1.54) is 51.5 Å². The quantitative estimate of drug-likeness (QED) is 0.569. The van der Waals surface area contributed by atoms with Crippen LogP contribution in [0.3, 0.4) is 0 Å². The highest BCUT2D eigenvalue weighted by atomic mass is 14.9. The number of hydrogen-bond acceptors (Lipinski definition) is 1. The van der Waals surface area contributed by atoms with E-state index in [4.69, 9.17) is 0 Å². The molecule has 1 aliphatic carbocycles. The summed E-state index contributed by atoms with van der Waals surface area (Å²) in [5.74, 6) is 1.99. The Morgan fingerprint density at radius 2 is 1.87 bits per heavy atom. The molecule has 0 aromatic carbocycles. The molecule has 0 bridgehead atoms. The summed E-state index contributed by atoms with van der Waals surface area (Å²) < 4.78 is 0. The summed E-state index contributed by atoms with van der Waals surface area (Å²) in [6, 6.07) is 0.830. The Hall–Kier alpha value is -0.0400. The summed E-state index contributed by atoms with van der Waals surface area (Å²) >= 11 is 0. The van der Waals surface area contributed by atoms with Crippen LogP contribution < -0.4 is 5.32 Å². The van der Waals surface area contributed by atoms with Crippen molar-refractivity contribution in [3.05, 3.63) is 0 Å². The normalized spacial score (nSPS) is 26.6. The molecule has 0 saturated heterocycles. The van der Waals surface area contributed by atoms with Gasteiger partial charge in [-0.25, -0.2) is 0 Å². The van der Waals surface area contributed by atoms with Gasteiger partial charge in [0.15, 0.2) is 0 Å². The van der Waals surface area contributed by atoms with E-state index in [2.05, 4.69) is 26.1 Å². The Balaban J connectivity index is 2.11. The molecule has 1 fully saturated rings. The average Bonchev–Trinajstić information content (AvgIpc) is 2.94. The molecule has 0 heterocycles. The molecule has 1 saturated carbocycles. The van der Waals surface area contributed by atoms with Gasteiger partial charge in [0.2, 0.25) is 0 Å². The molecular weight excluding hydrogens is 182 g/mol. The van der Waals surface area contributed by atoms with Crippen LogP contribution in [0.2, 0.25) is 0 Å². The predicted octanol–water partition coefficient (Wildman–Crippen LogP) is 3.98. The second kappa shape index (κ2) is 7.27. The standard InChI is InChI=1S/C14H29N/c1-4-6-7-8-9-14(15-10-5-2)13-11-12(13)3/h12-15H,4-11H2,1-3H3. The van der Waals surface area contributed by atoms with Crippen molar-refractivity contribution in [1.82, 2.24) is 5.32 Å². The number of unbranched alkanes of at least 4 members (excludes halogenated alkanes) is 3. The summed E-state index contributed by atoms with van der Waals surface area (Å²) in [6.45, 7) is 8.16. The lowest BCUT2D eigenvalue weighted by molar-refractivity contribution is 0.404. The molecule has 0 aliphatic heterocycles. The number of hydrogen-bond donors (Lipinski definition) is 1. The first-order valence-electron chi connectivity index (χ1n) is 7.03. The fourth-order valence-corrected chi connectivity index (χ4v) is 2.50. The fraction of sp³-hybridized carbons (Fsp3) is 1.00.